The van der Waals surface area contributed by atoms with Gasteiger partial charge in [0.2, 0.25) is 0 Å². The van der Waals surface area contributed by atoms with Crippen molar-refractivity contribution in [3.05, 3.63) is 47.0 Å². The molecule has 1 heterocycles. The maximum Gasteiger partial charge on any atom is 0.329 e. The van der Waals surface area contributed by atoms with Crippen molar-refractivity contribution < 1.29 is 19.1 Å². The molecule has 7 heteroatoms. The minimum absolute atomic E-state index is 0.216. The Bertz CT molecular complexity index is 884. The van der Waals surface area contributed by atoms with Crippen molar-refractivity contribution >= 4 is 11.9 Å². The van der Waals surface area contributed by atoms with Gasteiger partial charge in [0.25, 0.3) is 5.91 Å². The van der Waals surface area contributed by atoms with Crippen molar-refractivity contribution in [1.82, 2.24) is 15.1 Å². The van der Waals surface area contributed by atoms with Crippen LogP contribution in [0.5, 0.6) is 0 Å². The molecule has 0 atom stereocenters. The van der Waals surface area contributed by atoms with Crippen LogP contribution in [0.3, 0.4) is 0 Å². The zero-order chi connectivity index (χ0) is 18.3. The Morgan fingerprint density at radius 3 is 2.58 bits per heavy atom. The predicted molar refractivity (Wildman–Crippen MR) is 91.8 cm³/mol. The lowest BCUT2D eigenvalue weighted by Gasteiger charge is -2.24. The standard InChI is InChI=1S/C19H20FN3O3/c20-13-7-1-2-8-15(13)23-14-9-5-6-12(14)16(22-23)17(24)21-19(18(25)26)10-3-4-11-19/h1-2,7-8H,3-6,9-11H2,(H,21,24)(H,25,26). The van der Waals surface area contributed by atoms with Gasteiger partial charge in [0.15, 0.2) is 5.69 Å². The Hall–Kier alpha value is -2.70. The van der Waals surface area contributed by atoms with Gasteiger partial charge in [-0.05, 0) is 44.2 Å². The number of rotatable bonds is 4. The number of aromatic nitrogens is 2. The van der Waals surface area contributed by atoms with Crippen molar-refractivity contribution in [1.29, 1.82) is 0 Å². The summed E-state index contributed by atoms with van der Waals surface area (Å²) >= 11 is 0. The van der Waals surface area contributed by atoms with Gasteiger partial charge in [0.05, 0.1) is 0 Å². The fourth-order valence-corrected chi connectivity index (χ4v) is 4.09. The van der Waals surface area contributed by atoms with Gasteiger partial charge >= 0.3 is 5.97 Å². The van der Waals surface area contributed by atoms with E-state index in [4.69, 9.17) is 0 Å². The van der Waals surface area contributed by atoms with Crippen molar-refractivity contribution in [3.8, 4) is 5.69 Å². The first-order chi connectivity index (χ1) is 12.5. The van der Waals surface area contributed by atoms with E-state index >= 15 is 0 Å². The molecule has 26 heavy (non-hydrogen) atoms. The lowest BCUT2D eigenvalue weighted by molar-refractivity contribution is -0.144. The summed E-state index contributed by atoms with van der Waals surface area (Å²) < 4.78 is 15.7. The van der Waals surface area contributed by atoms with Crippen molar-refractivity contribution in [2.45, 2.75) is 50.5 Å². The highest BCUT2D eigenvalue weighted by Gasteiger charge is 2.43. The molecular formula is C19H20FN3O3. The zero-order valence-corrected chi connectivity index (χ0v) is 14.3. The fraction of sp³-hybridized carbons (Fsp3) is 0.421. The fourth-order valence-electron chi connectivity index (χ4n) is 4.09. The molecule has 1 aromatic carbocycles. The number of hydrogen-bond donors (Lipinski definition) is 2. The third-order valence-electron chi connectivity index (χ3n) is 5.45. The van der Waals surface area contributed by atoms with Gasteiger partial charge in [0.1, 0.15) is 17.0 Å². The Morgan fingerprint density at radius 1 is 1.15 bits per heavy atom. The summed E-state index contributed by atoms with van der Waals surface area (Å²) in [4.78, 5) is 24.6. The Labute approximate surface area is 150 Å². The number of carboxylic acids is 1. The van der Waals surface area contributed by atoms with Crippen LogP contribution < -0.4 is 5.32 Å². The maximum atomic E-state index is 14.2. The van der Waals surface area contributed by atoms with Crippen molar-refractivity contribution in [2.24, 2.45) is 0 Å². The molecule has 6 nitrogen and oxygen atoms in total. The molecule has 2 aromatic rings. The number of nitrogens with one attached hydrogen (secondary N) is 1. The quantitative estimate of drug-likeness (QED) is 0.881. The van der Waals surface area contributed by atoms with Gasteiger partial charge < -0.3 is 10.4 Å². The molecular weight excluding hydrogens is 337 g/mol. The topological polar surface area (TPSA) is 84.2 Å². The first-order valence-corrected chi connectivity index (χ1v) is 8.93. The minimum atomic E-state index is -1.22. The minimum Gasteiger partial charge on any atom is -0.480 e. The summed E-state index contributed by atoms with van der Waals surface area (Å²) in [5.74, 6) is -1.90. The van der Waals surface area contributed by atoms with E-state index in [1.807, 2.05) is 0 Å². The number of hydrogen-bond acceptors (Lipinski definition) is 3. The second-order valence-corrected chi connectivity index (χ2v) is 7.04. The van der Waals surface area contributed by atoms with Gasteiger partial charge in [-0.1, -0.05) is 25.0 Å². The van der Waals surface area contributed by atoms with E-state index < -0.39 is 23.2 Å². The molecule has 0 spiro atoms. The molecule has 0 unspecified atom stereocenters. The van der Waals surface area contributed by atoms with E-state index in [-0.39, 0.29) is 5.69 Å². The molecule has 0 saturated heterocycles. The first kappa shape index (κ1) is 16.8. The van der Waals surface area contributed by atoms with E-state index in [0.29, 0.717) is 31.4 Å². The monoisotopic (exact) mass is 357 g/mol. The number of carbonyl (C=O) groups is 2. The normalized spacial score (nSPS) is 17.9. The average Bonchev–Trinajstić information content (AvgIpc) is 3.31. The van der Waals surface area contributed by atoms with Gasteiger partial charge in [-0.15, -0.1) is 0 Å². The first-order valence-electron chi connectivity index (χ1n) is 8.93. The molecule has 2 aliphatic carbocycles. The maximum absolute atomic E-state index is 14.2. The second kappa shape index (κ2) is 6.23. The Balaban J connectivity index is 1.72. The van der Waals surface area contributed by atoms with Crippen LogP contribution in [0.1, 0.15) is 53.8 Å². The lowest BCUT2D eigenvalue weighted by Crippen LogP contribution is -2.52. The van der Waals surface area contributed by atoms with Crippen molar-refractivity contribution in [3.63, 3.8) is 0 Å². The van der Waals surface area contributed by atoms with Crippen LogP contribution in [0.4, 0.5) is 4.39 Å². The number of aliphatic carboxylic acids is 1. The molecule has 4 rings (SSSR count). The van der Waals surface area contributed by atoms with Gasteiger partial charge in [-0.3, -0.25) is 4.79 Å². The number of fused-ring (bicyclic) bond motifs is 1. The molecule has 0 aliphatic heterocycles. The van der Waals surface area contributed by atoms with Crippen LogP contribution >= 0.6 is 0 Å². The molecule has 2 aliphatic rings. The SMILES string of the molecule is O=C(NC1(C(=O)O)CCCC1)c1nn(-c2ccccc2F)c2c1CCC2. The lowest BCUT2D eigenvalue weighted by atomic mass is 9.97. The van der Waals surface area contributed by atoms with Gasteiger partial charge in [-0.25, -0.2) is 13.9 Å². The summed E-state index contributed by atoms with van der Waals surface area (Å²) in [5, 5.41) is 16.7. The molecule has 2 N–H and O–H groups in total. The Kier molecular flexibility index (Phi) is 4.01. The smallest absolute Gasteiger partial charge is 0.329 e. The number of para-hydroxylation sites is 1. The van der Waals surface area contributed by atoms with Gasteiger partial charge in [0, 0.05) is 11.3 Å². The largest absolute Gasteiger partial charge is 0.480 e. The molecule has 0 radical (unpaired) electrons. The van der Waals surface area contributed by atoms with Crippen LogP contribution in [-0.2, 0) is 17.6 Å². The van der Waals surface area contributed by atoms with E-state index in [1.165, 1.54) is 10.7 Å². The van der Waals surface area contributed by atoms with E-state index in [0.717, 1.165) is 30.5 Å². The molecule has 1 fully saturated rings. The number of carboxylic acid groups (broad SMARTS) is 1. The predicted octanol–water partition coefficient (Wildman–Crippen LogP) is 2.63. The van der Waals surface area contributed by atoms with Crippen LogP contribution in [0.15, 0.2) is 24.3 Å². The number of halogens is 1. The highest BCUT2D eigenvalue weighted by molar-refractivity contribution is 5.98. The third-order valence-corrected chi connectivity index (χ3v) is 5.45. The highest BCUT2D eigenvalue weighted by atomic mass is 19.1. The molecule has 0 bridgehead atoms. The molecule has 136 valence electrons. The summed E-state index contributed by atoms with van der Waals surface area (Å²) in [6.45, 7) is 0. The van der Waals surface area contributed by atoms with E-state index in [1.54, 1.807) is 18.2 Å². The highest BCUT2D eigenvalue weighted by Crippen LogP contribution is 2.32. The molecule has 1 aromatic heterocycles. The number of benzene rings is 1. The Morgan fingerprint density at radius 2 is 1.88 bits per heavy atom. The summed E-state index contributed by atoms with van der Waals surface area (Å²) in [6.07, 6.45) is 4.66. The number of nitrogens with zero attached hydrogens (tertiary/aromatic N) is 2. The molecule has 1 amide bonds. The van der Waals surface area contributed by atoms with Crippen molar-refractivity contribution in [2.75, 3.05) is 0 Å². The summed E-state index contributed by atoms with van der Waals surface area (Å²) in [5.41, 5.74) is 0.928. The zero-order valence-electron chi connectivity index (χ0n) is 14.3. The summed E-state index contributed by atoms with van der Waals surface area (Å²) in [6, 6.07) is 6.31. The summed E-state index contributed by atoms with van der Waals surface area (Å²) in [7, 11) is 0. The van der Waals surface area contributed by atoms with Crippen LogP contribution in [0.2, 0.25) is 0 Å². The van der Waals surface area contributed by atoms with Crippen LogP contribution in [0, 0.1) is 5.82 Å². The average molecular weight is 357 g/mol. The van der Waals surface area contributed by atoms with Crippen LogP contribution in [0.25, 0.3) is 5.69 Å². The second-order valence-electron chi connectivity index (χ2n) is 7.04. The van der Waals surface area contributed by atoms with Crippen LogP contribution in [-0.4, -0.2) is 32.3 Å². The van der Waals surface area contributed by atoms with E-state index in [9.17, 15) is 19.1 Å². The third kappa shape index (κ3) is 2.58. The number of amides is 1. The van der Waals surface area contributed by atoms with E-state index in [2.05, 4.69) is 10.4 Å². The van der Waals surface area contributed by atoms with Gasteiger partial charge in [-0.2, -0.15) is 5.10 Å². The number of carbonyl (C=O) groups excluding carboxylic acids is 1. The molecule has 1 saturated carbocycles.